The van der Waals surface area contributed by atoms with E-state index in [9.17, 15) is 27.4 Å². The Labute approximate surface area is 457 Å². The number of hydrogen-bond donors (Lipinski definition) is 4. The fourth-order valence-corrected chi connectivity index (χ4v) is 8.20. The molecule has 0 unspecified atom stereocenters. The Morgan fingerprint density at radius 1 is 0.627 bits per heavy atom. The molecular weight excluding hydrogens is 1000 g/mol. The van der Waals surface area contributed by atoms with Crippen LogP contribution in [0, 0.1) is 37.9 Å². The highest BCUT2D eigenvalue weighted by molar-refractivity contribution is 7.85. The third kappa shape index (κ3) is 72.6. The Hall–Kier alpha value is -3.50. The van der Waals surface area contributed by atoms with Crippen LogP contribution in [-0.2, 0) is 55.0 Å². The minimum Gasteiger partial charge on any atom is -0.451 e. The first-order valence-electron chi connectivity index (χ1n) is 24.2. The molecular formula is C51H111BN11O10PS. The molecule has 0 aliphatic carbocycles. The fourth-order valence-electron chi connectivity index (χ4n) is 5.87. The summed E-state index contributed by atoms with van der Waals surface area (Å²) in [6.07, 6.45) is 3.99. The third-order valence-corrected chi connectivity index (χ3v) is 9.98. The number of azo groups is 1. The van der Waals surface area contributed by atoms with Gasteiger partial charge in [0.2, 0.25) is 0 Å². The van der Waals surface area contributed by atoms with E-state index in [1.807, 2.05) is 6.82 Å². The summed E-state index contributed by atoms with van der Waals surface area (Å²) in [5.41, 5.74) is 0.363. The monoisotopic (exact) mass is 1110 g/mol. The zero-order valence-corrected chi connectivity index (χ0v) is 50.9. The van der Waals surface area contributed by atoms with Crippen molar-refractivity contribution >= 4 is 47.8 Å². The van der Waals surface area contributed by atoms with E-state index in [1.165, 1.54) is 18.6 Å². The molecule has 1 aliphatic rings. The molecule has 0 atom stereocenters. The first-order valence-corrected chi connectivity index (χ1v) is 27.6. The van der Waals surface area contributed by atoms with Crippen LogP contribution in [0.15, 0.2) is 15.2 Å². The maximum Gasteiger partial charge on any atom is 0.326 e. The topological polar surface area (TPSA) is 308 Å². The molecule has 1 aliphatic heterocycles. The van der Waals surface area contributed by atoms with E-state index in [0.717, 1.165) is 37.2 Å². The van der Waals surface area contributed by atoms with Gasteiger partial charge in [-0.15, -0.1) is 20.4 Å². The molecule has 0 saturated carbocycles. The molecule has 3 heterocycles. The van der Waals surface area contributed by atoms with E-state index < -0.39 is 17.7 Å². The van der Waals surface area contributed by atoms with Crippen LogP contribution in [0.25, 0.3) is 0 Å². The number of aromatic nitrogens is 8. The van der Waals surface area contributed by atoms with Gasteiger partial charge in [0.05, 0.1) is 11.9 Å². The summed E-state index contributed by atoms with van der Waals surface area (Å²) in [5, 5.41) is 39.6. The van der Waals surface area contributed by atoms with Gasteiger partial charge in [0.1, 0.15) is 24.7 Å². The summed E-state index contributed by atoms with van der Waals surface area (Å²) in [4.78, 5) is 54.5. The Morgan fingerprint density at radius 2 is 1.08 bits per heavy atom. The minimum absolute atomic E-state index is 0. The Morgan fingerprint density at radius 3 is 1.32 bits per heavy atom. The summed E-state index contributed by atoms with van der Waals surface area (Å²) in [6.45, 7) is 49.7. The van der Waals surface area contributed by atoms with Gasteiger partial charge in [-0.2, -0.15) is 18.3 Å². The van der Waals surface area contributed by atoms with Gasteiger partial charge in [0, 0.05) is 25.7 Å². The van der Waals surface area contributed by atoms with Crippen molar-refractivity contribution in [1.82, 2.24) is 40.4 Å². The summed E-state index contributed by atoms with van der Waals surface area (Å²) < 4.78 is 40.6. The quantitative estimate of drug-likeness (QED) is 0.0923. The number of rotatable bonds is 11. The van der Waals surface area contributed by atoms with Crippen molar-refractivity contribution in [2.45, 2.75) is 240 Å². The lowest BCUT2D eigenvalue weighted by Gasteiger charge is -2.17. The van der Waals surface area contributed by atoms with E-state index in [2.05, 4.69) is 150 Å². The summed E-state index contributed by atoms with van der Waals surface area (Å²) in [7, 11) is -7.57. The number of tetrazole rings is 2. The van der Waals surface area contributed by atoms with Crippen molar-refractivity contribution < 1.29 is 46.7 Å². The molecule has 0 fully saturated rings. The first kappa shape index (κ1) is 85.4. The lowest BCUT2D eigenvalue weighted by Crippen LogP contribution is -2.19. The van der Waals surface area contributed by atoms with Gasteiger partial charge in [-0.1, -0.05) is 175 Å². The molecule has 0 aromatic carbocycles. The number of carbonyl (C=O) groups is 3. The standard InChI is InChI=1S/2C9H16N4O.C7H13N3.C7H14O.C6H15BO.C5H13O3P.C5H12O3S.3CH4/c1-7(14)6-13-8(10-11-12-13)5-9(2,3)4;1-7(14)6-13-11-8(10-12-13)5-9(2,3)4;1-7(2,3)4-6-8-5-9-10-6;1-6(8)5-7(2,3)4;1-6(2,3)5-7(4)8;2*1-5(2,3)4-9(6,7)8;;;/h2*5-6H2,1-4H3;4-5H2,1-3H3;5H2,1-4H3;8H,5H2,1-4H3;4H2,1-3H3,(H2,6,7,8);4H2,1-3H3,(H,6,7,8);3*1H4. The Kier molecular flexibility index (Phi) is 41.7. The van der Waals surface area contributed by atoms with Crippen molar-refractivity contribution in [2.75, 3.05) is 18.6 Å². The molecule has 3 rings (SSSR count). The molecule has 0 spiro atoms. The van der Waals surface area contributed by atoms with E-state index >= 15 is 0 Å². The SMILES string of the molecule is C.C.C.CB(O)CC(C)(C)C.CC(=O)CC(C)(C)C.CC(=O)Cn1nnc(CC(C)(C)C)n1.CC(=O)Cn1nnnc1CC(C)(C)C.CC(C)(C)CC1=NCN=N1.CC(C)(C)CP(=O)(O)O.CC(C)(C)CS(=O)(=O)O. The number of amidine groups is 1. The van der Waals surface area contributed by atoms with Crippen LogP contribution in [0.1, 0.15) is 213 Å². The first-order chi connectivity index (χ1) is 31.6. The molecule has 0 amide bonds. The van der Waals surface area contributed by atoms with Crippen LogP contribution in [0.2, 0.25) is 13.1 Å². The second-order valence-corrected chi connectivity index (χ2v) is 29.9. The van der Waals surface area contributed by atoms with Gasteiger partial charge in [-0.3, -0.25) is 18.7 Å². The van der Waals surface area contributed by atoms with Crippen molar-refractivity contribution in [3.63, 3.8) is 0 Å². The van der Waals surface area contributed by atoms with Crippen LogP contribution < -0.4 is 0 Å². The highest BCUT2D eigenvalue weighted by Crippen LogP contribution is 2.41. The van der Waals surface area contributed by atoms with Crippen molar-refractivity contribution in [3.05, 3.63) is 11.6 Å². The summed E-state index contributed by atoms with van der Waals surface area (Å²) in [5.74, 6) is 2.55. The van der Waals surface area contributed by atoms with Crippen molar-refractivity contribution in [3.8, 4) is 0 Å². The van der Waals surface area contributed by atoms with E-state index in [1.54, 1.807) is 53.1 Å². The van der Waals surface area contributed by atoms with Gasteiger partial charge in [0.25, 0.3) is 17.0 Å². The molecule has 0 bridgehead atoms. The minimum atomic E-state index is -3.79. The normalized spacial score (nSPS) is 12.5. The smallest absolute Gasteiger partial charge is 0.326 e. The maximum absolute atomic E-state index is 10.9. The second-order valence-electron chi connectivity index (χ2n) is 26.8. The maximum atomic E-state index is 10.9. The number of carbonyl (C=O) groups excluding carboxylic acids is 3. The molecule has 0 radical (unpaired) electrons. The van der Waals surface area contributed by atoms with Crippen LogP contribution in [0.3, 0.4) is 0 Å². The predicted molar refractivity (Wildman–Crippen MR) is 310 cm³/mol. The van der Waals surface area contributed by atoms with Gasteiger partial charge in [0.15, 0.2) is 29.9 Å². The van der Waals surface area contributed by atoms with Crippen molar-refractivity contribution in [1.29, 1.82) is 0 Å². The average molecular weight is 1110 g/mol. The average Bonchev–Trinajstić information content (AvgIpc) is 3.78. The van der Waals surface area contributed by atoms with Gasteiger partial charge >= 0.3 is 7.60 Å². The van der Waals surface area contributed by atoms with Gasteiger partial charge < -0.3 is 19.6 Å². The summed E-state index contributed by atoms with van der Waals surface area (Å²) >= 11 is 0. The van der Waals surface area contributed by atoms with Crippen molar-refractivity contribution in [2.24, 2.45) is 53.1 Å². The van der Waals surface area contributed by atoms with Crippen LogP contribution in [-0.4, -0.2) is 117 Å². The molecule has 21 nitrogen and oxygen atoms in total. The lowest BCUT2D eigenvalue weighted by atomic mass is 9.60. The van der Waals surface area contributed by atoms with E-state index in [0.29, 0.717) is 18.9 Å². The Balaban J connectivity index is -0.000000145. The van der Waals surface area contributed by atoms with E-state index in [4.69, 9.17) is 19.4 Å². The van der Waals surface area contributed by atoms with Crippen LogP contribution in [0.4, 0.5) is 0 Å². The Bertz CT molecular complexity index is 2110. The zero-order valence-electron chi connectivity index (χ0n) is 49.2. The van der Waals surface area contributed by atoms with Crippen LogP contribution in [0.5, 0.6) is 0 Å². The second kappa shape index (κ2) is 36.6. The van der Waals surface area contributed by atoms with E-state index in [-0.39, 0.29) is 109 Å². The third-order valence-electron chi connectivity index (χ3n) is 7.39. The highest BCUT2D eigenvalue weighted by Gasteiger charge is 2.24. The van der Waals surface area contributed by atoms with Gasteiger partial charge in [-0.25, -0.2) is 9.67 Å². The molecule has 2 aromatic rings. The molecule has 24 heteroatoms. The number of ketones is 3. The molecule has 0 saturated heterocycles. The molecule has 444 valence electrons. The highest BCUT2D eigenvalue weighted by atomic mass is 32.2. The fraction of sp³-hybridized carbons (Fsp3) is 0.882. The number of Topliss-reactive ketones (excluding diaryl/α,β-unsaturated/α-hetero) is 3. The molecule has 2 aromatic heterocycles. The molecule has 75 heavy (non-hydrogen) atoms. The van der Waals surface area contributed by atoms with Gasteiger partial charge in [-0.05, 0) is 80.6 Å². The predicted octanol–water partition coefficient (Wildman–Crippen LogP) is 11.6. The number of nitrogens with zero attached hydrogens (tertiary/aromatic N) is 11. The molecule has 4 N–H and O–H groups in total. The van der Waals surface area contributed by atoms with Crippen LogP contribution >= 0.6 is 7.60 Å². The number of aliphatic imine (C=N–C) groups is 1. The lowest BCUT2D eigenvalue weighted by molar-refractivity contribution is -0.119. The summed E-state index contributed by atoms with van der Waals surface area (Å²) in [6, 6.07) is 0. The zero-order chi connectivity index (χ0) is 58.1. The largest absolute Gasteiger partial charge is 0.451 e. The number of hydrogen-bond acceptors (Lipinski definition) is 16.